The second kappa shape index (κ2) is 6.49. The Bertz CT molecular complexity index is 875. The van der Waals surface area contributed by atoms with Crippen molar-refractivity contribution in [1.82, 2.24) is 19.5 Å². The van der Waals surface area contributed by atoms with Gasteiger partial charge < -0.3 is 5.32 Å². The molecule has 1 N–H and O–H groups in total. The van der Waals surface area contributed by atoms with Gasteiger partial charge in [0.15, 0.2) is 5.78 Å². The summed E-state index contributed by atoms with van der Waals surface area (Å²) < 4.78 is 1.35. The molecule has 3 aromatic heterocycles. The Morgan fingerprint density at radius 1 is 1.35 bits per heavy atom. The predicted molar refractivity (Wildman–Crippen MR) is 87.6 cm³/mol. The molecule has 3 aromatic rings. The van der Waals surface area contributed by atoms with Crippen molar-refractivity contribution in [2.45, 2.75) is 0 Å². The summed E-state index contributed by atoms with van der Waals surface area (Å²) in [6.07, 6.45) is 2.97. The van der Waals surface area contributed by atoms with Crippen molar-refractivity contribution < 1.29 is 4.79 Å². The fourth-order valence-electron chi connectivity index (χ4n) is 1.95. The van der Waals surface area contributed by atoms with Gasteiger partial charge >= 0.3 is 0 Å². The number of carbonyl (C=O) groups is 1. The fraction of sp³-hybridized carbons (Fsp3) is 0.133. The van der Waals surface area contributed by atoms with Crippen LogP contribution >= 0.6 is 11.3 Å². The van der Waals surface area contributed by atoms with Gasteiger partial charge in [0.1, 0.15) is 6.33 Å². The summed E-state index contributed by atoms with van der Waals surface area (Å²) in [5.74, 6) is 0.262. The molecule has 23 heavy (non-hydrogen) atoms. The Morgan fingerprint density at radius 3 is 2.91 bits per heavy atom. The standard InChI is InChI=1S/C15H13N5O2S/c1-20-14(22)7-11(10-4-5-16-9-18-10)19-15(20)17-8-12(21)13-3-2-6-23-13/h2-7,9H,8H2,1H3,(H,17,19). The summed E-state index contributed by atoms with van der Waals surface area (Å²) in [7, 11) is 1.59. The quantitative estimate of drug-likeness (QED) is 0.716. The maximum absolute atomic E-state index is 12.1. The third-order valence-electron chi connectivity index (χ3n) is 3.18. The lowest BCUT2D eigenvalue weighted by atomic mass is 10.3. The first-order chi connectivity index (χ1) is 11.1. The highest BCUT2D eigenvalue weighted by molar-refractivity contribution is 7.12. The molecule has 0 saturated carbocycles. The lowest BCUT2D eigenvalue weighted by molar-refractivity contribution is 0.101. The maximum Gasteiger partial charge on any atom is 0.255 e. The van der Waals surface area contributed by atoms with Crippen LogP contribution in [0.25, 0.3) is 11.4 Å². The molecule has 8 heteroatoms. The van der Waals surface area contributed by atoms with Crippen molar-refractivity contribution >= 4 is 23.1 Å². The van der Waals surface area contributed by atoms with Crippen molar-refractivity contribution in [2.24, 2.45) is 7.05 Å². The van der Waals surface area contributed by atoms with Crippen LogP contribution in [-0.4, -0.2) is 31.8 Å². The molecule has 0 aromatic carbocycles. The van der Waals surface area contributed by atoms with E-state index >= 15 is 0 Å². The number of hydrogen-bond acceptors (Lipinski definition) is 7. The first-order valence-electron chi connectivity index (χ1n) is 6.80. The Balaban J connectivity index is 1.86. The van der Waals surface area contributed by atoms with Crippen LogP contribution in [-0.2, 0) is 7.05 Å². The van der Waals surface area contributed by atoms with Gasteiger partial charge in [0.25, 0.3) is 5.56 Å². The zero-order valence-electron chi connectivity index (χ0n) is 12.3. The lowest BCUT2D eigenvalue weighted by Crippen LogP contribution is -2.24. The van der Waals surface area contributed by atoms with Gasteiger partial charge in [0, 0.05) is 19.3 Å². The summed E-state index contributed by atoms with van der Waals surface area (Å²) in [4.78, 5) is 37.1. The topological polar surface area (TPSA) is 89.8 Å². The van der Waals surface area contributed by atoms with E-state index < -0.39 is 0 Å². The normalized spacial score (nSPS) is 10.5. The molecule has 0 saturated heterocycles. The number of aromatic nitrogens is 4. The zero-order valence-corrected chi connectivity index (χ0v) is 13.1. The summed E-state index contributed by atoms with van der Waals surface area (Å²) in [6, 6.07) is 6.65. The van der Waals surface area contributed by atoms with Gasteiger partial charge in [-0.1, -0.05) is 6.07 Å². The zero-order chi connectivity index (χ0) is 16.2. The second-order valence-corrected chi connectivity index (χ2v) is 5.66. The summed E-state index contributed by atoms with van der Waals surface area (Å²) >= 11 is 1.38. The fourth-order valence-corrected chi connectivity index (χ4v) is 2.62. The molecule has 0 aliphatic heterocycles. The highest BCUT2D eigenvalue weighted by Crippen LogP contribution is 2.14. The van der Waals surface area contributed by atoms with E-state index in [0.717, 1.165) is 0 Å². The highest BCUT2D eigenvalue weighted by atomic mass is 32.1. The van der Waals surface area contributed by atoms with Crippen LogP contribution < -0.4 is 10.9 Å². The summed E-state index contributed by atoms with van der Waals surface area (Å²) in [5, 5.41) is 4.76. The van der Waals surface area contributed by atoms with E-state index in [-0.39, 0.29) is 17.9 Å². The molecular formula is C15H13N5O2S. The Hall–Kier alpha value is -2.87. The number of rotatable bonds is 5. The summed E-state index contributed by atoms with van der Waals surface area (Å²) in [6.45, 7) is 0.0635. The second-order valence-electron chi connectivity index (χ2n) is 4.71. The van der Waals surface area contributed by atoms with Crippen LogP contribution in [0.3, 0.4) is 0 Å². The molecule has 3 heterocycles. The minimum absolute atomic E-state index is 0.0540. The molecule has 0 amide bonds. The molecule has 3 rings (SSSR count). The van der Waals surface area contributed by atoms with Gasteiger partial charge in [-0.2, -0.15) is 0 Å². The molecule has 0 atom stereocenters. The van der Waals surface area contributed by atoms with Gasteiger partial charge in [0.2, 0.25) is 5.95 Å². The van der Waals surface area contributed by atoms with Crippen LogP contribution in [0.4, 0.5) is 5.95 Å². The third kappa shape index (κ3) is 3.32. The van der Waals surface area contributed by atoms with E-state index in [1.807, 2.05) is 11.4 Å². The van der Waals surface area contributed by atoms with Crippen molar-refractivity contribution in [1.29, 1.82) is 0 Å². The van der Waals surface area contributed by atoms with E-state index in [1.165, 1.54) is 28.3 Å². The molecular weight excluding hydrogens is 314 g/mol. The van der Waals surface area contributed by atoms with Gasteiger partial charge in [-0.25, -0.2) is 15.0 Å². The van der Waals surface area contributed by atoms with Crippen molar-refractivity contribution in [3.05, 3.63) is 57.4 Å². The molecule has 0 spiro atoms. The van der Waals surface area contributed by atoms with Crippen LogP contribution in [0.1, 0.15) is 9.67 Å². The number of anilines is 1. The number of ketones is 1. The Kier molecular flexibility index (Phi) is 4.24. The number of nitrogens with one attached hydrogen (secondary N) is 1. The first kappa shape index (κ1) is 15.0. The molecule has 0 radical (unpaired) electrons. The van der Waals surface area contributed by atoms with E-state index in [0.29, 0.717) is 22.2 Å². The van der Waals surface area contributed by atoms with E-state index in [2.05, 4.69) is 20.3 Å². The monoisotopic (exact) mass is 327 g/mol. The maximum atomic E-state index is 12.1. The molecule has 0 bridgehead atoms. The van der Waals surface area contributed by atoms with Crippen molar-refractivity contribution in [3.8, 4) is 11.4 Å². The van der Waals surface area contributed by atoms with Crippen LogP contribution in [0.5, 0.6) is 0 Å². The minimum atomic E-state index is -0.236. The predicted octanol–water partition coefficient (Wildman–Crippen LogP) is 1.59. The molecule has 7 nitrogen and oxygen atoms in total. The van der Waals surface area contributed by atoms with Crippen LogP contribution in [0.15, 0.2) is 47.0 Å². The number of carbonyl (C=O) groups excluding carboxylic acids is 1. The number of hydrogen-bond donors (Lipinski definition) is 1. The largest absolute Gasteiger partial charge is 0.348 e. The number of nitrogens with zero attached hydrogens (tertiary/aromatic N) is 4. The molecule has 116 valence electrons. The first-order valence-corrected chi connectivity index (χ1v) is 7.68. The van der Waals surface area contributed by atoms with Gasteiger partial charge in [-0.3, -0.25) is 14.2 Å². The minimum Gasteiger partial charge on any atom is -0.348 e. The molecule has 0 unspecified atom stereocenters. The van der Waals surface area contributed by atoms with E-state index in [1.54, 1.807) is 25.4 Å². The number of thiophene rings is 1. The Labute approximate surface area is 135 Å². The van der Waals surface area contributed by atoms with Crippen molar-refractivity contribution in [3.63, 3.8) is 0 Å². The highest BCUT2D eigenvalue weighted by Gasteiger charge is 2.11. The van der Waals surface area contributed by atoms with Crippen LogP contribution in [0, 0.1) is 0 Å². The van der Waals surface area contributed by atoms with Gasteiger partial charge in [0.05, 0.1) is 22.8 Å². The van der Waals surface area contributed by atoms with Gasteiger partial charge in [-0.15, -0.1) is 11.3 Å². The SMILES string of the molecule is Cn1c(NCC(=O)c2cccs2)nc(-c2ccncn2)cc1=O. The average molecular weight is 327 g/mol. The van der Waals surface area contributed by atoms with E-state index in [9.17, 15) is 9.59 Å². The summed E-state index contributed by atoms with van der Waals surface area (Å²) in [5.41, 5.74) is 0.742. The smallest absolute Gasteiger partial charge is 0.255 e. The Morgan fingerprint density at radius 2 is 2.22 bits per heavy atom. The van der Waals surface area contributed by atoms with Crippen molar-refractivity contribution in [2.75, 3.05) is 11.9 Å². The molecule has 0 fully saturated rings. The van der Waals surface area contributed by atoms with Crippen LogP contribution in [0.2, 0.25) is 0 Å². The molecule has 0 aliphatic rings. The third-order valence-corrected chi connectivity index (χ3v) is 4.09. The lowest BCUT2D eigenvalue weighted by Gasteiger charge is -2.10. The van der Waals surface area contributed by atoms with E-state index in [4.69, 9.17) is 0 Å². The average Bonchev–Trinajstić information content (AvgIpc) is 3.11. The number of Topliss-reactive ketones (excluding diaryl/α,β-unsaturated/α-hetero) is 1. The van der Waals surface area contributed by atoms with Gasteiger partial charge in [-0.05, 0) is 17.5 Å². The molecule has 0 aliphatic carbocycles.